The maximum Gasteiger partial charge on any atom is 0.250 e. The fourth-order valence-corrected chi connectivity index (χ4v) is 4.30. The molecule has 2 aromatic carbocycles. The van der Waals surface area contributed by atoms with Crippen molar-refractivity contribution in [3.05, 3.63) is 48.0 Å². The molecule has 29 heavy (non-hydrogen) atoms. The molecule has 0 saturated heterocycles. The van der Waals surface area contributed by atoms with Gasteiger partial charge in [-0.15, -0.1) is 5.10 Å². The molecule has 0 unspecified atom stereocenters. The number of carbonyl (C=O) groups excluding carboxylic acids is 1. The van der Waals surface area contributed by atoms with E-state index in [1.54, 1.807) is 14.2 Å². The van der Waals surface area contributed by atoms with Crippen LogP contribution in [0.1, 0.15) is 29.0 Å². The Balaban J connectivity index is 1.61. The summed E-state index contributed by atoms with van der Waals surface area (Å²) in [5.74, 6) is 2.55. The van der Waals surface area contributed by atoms with Gasteiger partial charge in [-0.25, -0.2) is 4.98 Å². The lowest BCUT2D eigenvalue weighted by atomic mass is 10.1. The topological polar surface area (TPSA) is 75.5 Å². The Morgan fingerprint density at radius 3 is 2.59 bits per heavy atom. The molecule has 0 N–H and O–H groups in total. The summed E-state index contributed by atoms with van der Waals surface area (Å²) in [5.41, 5.74) is 1.82. The standard InChI is InChI=1S/C21H21N3O4S/c1-4-28-16-10-7-14(11-17(16)27-3)18-12-19(25)24-21(29-18)22-20(23-24)13-5-8-15(26-2)9-6-13/h5-11,18H,4,12H2,1-3H3/t18-/m0/s1. The predicted octanol–water partition coefficient (Wildman–Crippen LogP) is 4.24. The maximum absolute atomic E-state index is 12.7. The van der Waals surface area contributed by atoms with E-state index in [2.05, 4.69) is 10.1 Å². The van der Waals surface area contributed by atoms with Crippen LogP contribution < -0.4 is 14.2 Å². The molecule has 150 valence electrons. The molecule has 0 bridgehead atoms. The second kappa shape index (κ2) is 8.16. The maximum atomic E-state index is 12.7. The van der Waals surface area contributed by atoms with Crippen LogP contribution in [0.3, 0.4) is 0 Å². The Bertz CT molecular complexity index is 1030. The third-order valence-corrected chi connectivity index (χ3v) is 5.83. The molecule has 2 heterocycles. The zero-order chi connectivity index (χ0) is 20.4. The van der Waals surface area contributed by atoms with Crippen molar-refractivity contribution in [2.45, 2.75) is 23.8 Å². The van der Waals surface area contributed by atoms with E-state index in [1.807, 2.05) is 49.4 Å². The van der Waals surface area contributed by atoms with Gasteiger partial charge in [0.15, 0.2) is 22.5 Å². The molecule has 0 saturated carbocycles. The van der Waals surface area contributed by atoms with Crippen LogP contribution in [0.4, 0.5) is 0 Å². The SMILES string of the molecule is CCOc1ccc([C@@H]2CC(=O)n3nc(-c4ccc(OC)cc4)nc3S2)cc1OC. The molecule has 8 heteroatoms. The monoisotopic (exact) mass is 411 g/mol. The Labute approximate surface area is 173 Å². The molecule has 0 aliphatic carbocycles. The van der Waals surface area contributed by atoms with Crippen LogP contribution in [0.2, 0.25) is 0 Å². The Kier molecular flexibility index (Phi) is 5.44. The minimum Gasteiger partial charge on any atom is -0.497 e. The zero-order valence-corrected chi connectivity index (χ0v) is 17.2. The summed E-state index contributed by atoms with van der Waals surface area (Å²) in [4.78, 5) is 17.3. The second-order valence-electron chi connectivity index (χ2n) is 6.41. The van der Waals surface area contributed by atoms with E-state index in [9.17, 15) is 4.79 Å². The number of thioether (sulfide) groups is 1. The van der Waals surface area contributed by atoms with Crippen LogP contribution in [-0.2, 0) is 0 Å². The fourth-order valence-electron chi connectivity index (χ4n) is 3.16. The third kappa shape index (κ3) is 3.80. The molecule has 0 fully saturated rings. The van der Waals surface area contributed by atoms with Gasteiger partial charge in [-0.3, -0.25) is 4.79 Å². The van der Waals surface area contributed by atoms with Crippen molar-refractivity contribution in [3.8, 4) is 28.6 Å². The molecule has 3 aromatic rings. The van der Waals surface area contributed by atoms with Gasteiger partial charge in [-0.1, -0.05) is 17.8 Å². The third-order valence-electron chi connectivity index (χ3n) is 4.63. The highest BCUT2D eigenvalue weighted by molar-refractivity contribution is 7.99. The van der Waals surface area contributed by atoms with Crippen molar-refractivity contribution >= 4 is 17.7 Å². The number of ether oxygens (including phenoxy) is 3. The van der Waals surface area contributed by atoms with Gasteiger partial charge in [0, 0.05) is 17.2 Å². The molecule has 1 aliphatic heterocycles. The first-order valence-electron chi connectivity index (χ1n) is 9.25. The molecule has 0 spiro atoms. The van der Waals surface area contributed by atoms with Gasteiger partial charge in [-0.2, -0.15) is 4.68 Å². The summed E-state index contributed by atoms with van der Waals surface area (Å²) < 4.78 is 17.6. The minimum absolute atomic E-state index is 0.0625. The number of nitrogens with zero attached hydrogens (tertiary/aromatic N) is 3. The van der Waals surface area contributed by atoms with Crippen molar-refractivity contribution in [2.75, 3.05) is 20.8 Å². The molecule has 1 atom stereocenters. The zero-order valence-electron chi connectivity index (χ0n) is 16.4. The highest BCUT2D eigenvalue weighted by atomic mass is 32.2. The lowest BCUT2D eigenvalue weighted by Crippen LogP contribution is -2.21. The summed E-state index contributed by atoms with van der Waals surface area (Å²) in [6, 6.07) is 13.2. The highest BCUT2D eigenvalue weighted by Gasteiger charge is 2.30. The van der Waals surface area contributed by atoms with Gasteiger partial charge in [0.05, 0.1) is 20.8 Å². The van der Waals surface area contributed by atoms with Crippen LogP contribution in [-0.4, -0.2) is 41.5 Å². The number of carbonyl (C=O) groups is 1. The van der Waals surface area contributed by atoms with E-state index in [0.29, 0.717) is 35.5 Å². The predicted molar refractivity (Wildman–Crippen MR) is 110 cm³/mol. The van der Waals surface area contributed by atoms with Gasteiger partial charge in [0.25, 0.3) is 5.91 Å². The largest absolute Gasteiger partial charge is 0.497 e. The summed E-state index contributed by atoms with van der Waals surface area (Å²) in [6.45, 7) is 2.49. The number of hydrogen-bond donors (Lipinski definition) is 0. The summed E-state index contributed by atoms with van der Waals surface area (Å²) in [7, 11) is 3.23. The van der Waals surface area contributed by atoms with Gasteiger partial charge < -0.3 is 14.2 Å². The van der Waals surface area contributed by atoms with Crippen LogP contribution in [0.15, 0.2) is 47.6 Å². The molecule has 1 aliphatic rings. The second-order valence-corrected chi connectivity index (χ2v) is 7.58. The van der Waals surface area contributed by atoms with Crippen LogP contribution in [0, 0.1) is 0 Å². The molecule has 7 nitrogen and oxygen atoms in total. The van der Waals surface area contributed by atoms with Crippen LogP contribution in [0.25, 0.3) is 11.4 Å². The lowest BCUT2D eigenvalue weighted by Gasteiger charge is -2.21. The first kappa shape index (κ1) is 19.3. The summed E-state index contributed by atoms with van der Waals surface area (Å²) in [6.07, 6.45) is 0.334. The van der Waals surface area contributed by atoms with Gasteiger partial charge in [0.2, 0.25) is 0 Å². The fraction of sp³-hybridized carbons (Fsp3) is 0.286. The number of rotatable bonds is 6. The van der Waals surface area contributed by atoms with E-state index in [-0.39, 0.29) is 11.2 Å². The van der Waals surface area contributed by atoms with Crippen molar-refractivity contribution in [1.82, 2.24) is 14.8 Å². The van der Waals surface area contributed by atoms with Crippen molar-refractivity contribution in [1.29, 1.82) is 0 Å². The summed E-state index contributed by atoms with van der Waals surface area (Å²) >= 11 is 1.52. The smallest absolute Gasteiger partial charge is 0.250 e. The average molecular weight is 411 g/mol. The highest BCUT2D eigenvalue weighted by Crippen LogP contribution is 2.43. The first-order valence-corrected chi connectivity index (χ1v) is 10.1. The first-order chi connectivity index (χ1) is 14.1. The summed E-state index contributed by atoms with van der Waals surface area (Å²) in [5, 5.41) is 4.93. The Hall–Kier alpha value is -3.00. The van der Waals surface area contributed by atoms with E-state index in [1.165, 1.54) is 16.4 Å². The number of fused-ring (bicyclic) bond motifs is 1. The van der Waals surface area contributed by atoms with Crippen molar-refractivity contribution in [2.24, 2.45) is 0 Å². The van der Waals surface area contributed by atoms with Gasteiger partial charge >= 0.3 is 0 Å². The van der Waals surface area contributed by atoms with Gasteiger partial charge in [0.1, 0.15) is 5.75 Å². The quantitative estimate of drug-likeness (QED) is 0.600. The van der Waals surface area contributed by atoms with E-state index in [4.69, 9.17) is 14.2 Å². The van der Waals surface area contributed by atoms with E-state index < -0.39 is 0 Å². The van der Waals surface area contributed by atoms with Crippen molar-refractivity contribution < 1.29 is 19.0 Å². The van der Waals surface area contributed by atoms with Crippen LogP contribution >= 0.6 is 11.8 Å². The normalized spacial score (nSPS) is 15.7. The van der Waals surface area contributed by atoms with Crippen molar-refractivity contribution in [3.63, 3.8) is 0 Å². The molecule has 1 aromatic heterocycles. The molecule has 4 rings (SSSR count). The molecule has 0 radical (unpaired) electrons. The Morgan fingerprint density at radius 2 is 1.90 bits per heavy atom. The molecule has 0 amide bonds. The van der Waals surface area contributed by atoms with E-state index in [0.717, 1.165) is 16.9 Å². The number of aromatic nitrogens is 3. The number of benzene rings is 2. The number of methoxy groups -OCH3 is 2. The average Bonchev–Trinajstić information content (AvgIpc) is 3.19. The van der Waals surface area contributed by atoms with Crippen LogP contribution in [0.5, 0.6) is 17.2 Å². The lowest BCUT2D eigenvalue weighted by molar-refractivity contribution is 0.0868. The minimum atomic E-state index is -0.0798. The Morgan fingerprint density at radius 1 is 1.10 bits per heavy atom. The number of hydrogen-bond acceptors (Lipinski definition) is 7. The van der Waals surface area contributed by atoms with Gasteiger partial charge in [-0.05, 0) is 48.9 Å². The molecular formula is C21H21N3O4S. The molecular weight excluding hydrogens is 390 g/mol. The van der Waals surface area contributed by atoms with E-state index >= 15 is 0 Å².